The fourth-order valence-electron chi connectivity index (χ4n) is 3.36. The Labute approximate surface area is 182 Å². The zero-order chi connectivity index (χ0) is 21.2. The van der Waals surface area contributed by atoms with Crippen molar-refractivity contribution in [3.63, 3.8) is 0 Å². The molecule has 1 aromatic carbocycles. The van der Waals surface area contributed by atoms with E-state index in [0.29, 0.717) is 23.7 Å². The van der Waals surface area contributed by atoms with Gasteiger partial charge in [-0.1, -0.05) is 29.8 Å². The summed E-state index contributed by atoms with van der Waals surface area (Å²) in [5, 5.41) is 10.4. The summed E-state index contributed by atoms with van der Waals surface area (Å²) < 4.78 is 0. The number of carbonyl (C=O) groups is 1. The van der Waals surface area contributed by atoms with Crippen LogP contribution in [0.15, 0.2) is 53.7 Å². The zero-order valence-electron chi connectivity index (χ0n) is 17.3. The minimum Gasteiger partial charge on any atom is -0.357 e. The number of hydrogen-bond donors (Lipinski definition) is 3. The van der Waals surface area contributed by atoms with Crippen molar-refractivity contribution >= 4 is 29.3 Å². The van der Waals surface area contributed by atoms with Gasteiger partial charge in [-0.2, -0.15) is 0 Å². The molecule has 0 bridgehead atoms. The Balaban J connectivity index is 1.43. The van der Waals surface area contributed by atoms with E-state index in [1.54, 1.807) is 6.20 Å². The van der Waals surface area contributed by atoms with E-state index in [1.165, 1.54) is 0 Å². The number of amides is 1. The van der Waals surface area contributed by atoms with Crippen LogP contribution in [0.5, 0.6) is 0 Å². The molecule has 1 aliphatic rings. The summed E-state index contributed by atoms with van der Waals surface area (Å²) in [6, 6.07) is 13.2. The molecule has 3 rings (SSSR count). The Morgan fingerprint density at radius 3 is 2.83 bits per heavy atom. The van der Waals surface area contributed by atoms with Gasteiger partial charge in [0, 0.05) is 50.5 Å². The maximum atomic E-state index is 12.1. The van der Waals surface area contributed by atoms with Gasteiger partial charge in [-0.25, -0.2) is 4.98 Å². The zero-order valence-corrected chi connectivity index (χ0v) is 18.0. The number of carbonyl (C=O) groups excluding carboxylic acids is 1. The van der Waals surface area contributed by atoms with Crippen LogP contribution in [0.25, 0.3) is 0 Å². The number of anilines is 1. The number of guanidine groups is 1. The molecule has 30 heavy (non-hydrogen) atoms. The lowest BCUT2D eigenvalue weighted by atomic mass is 10.2. The molecule has 3 N–H and O–H groups in total. The summed E-state index contributed by atoms with van der Waals surface area (Å²) in [5.41, 5.74) is 0.676. The van der Waals surface area contributed by atoms with Gasteiger partial charge >= 0.3 is 0 Å². The fourth-order valence-corrected chi connectivity index (χ4v) is 3.60. The topological polar surface area (TPSA) is 81.6 Å². The quantitative estimate of drug-likeness (QED) is 0.342. The average Bonchev–Trinajstić information content (AvgIpc) is 3.22. The van der Waals surface area contributed by atoms with E-state index in [4.69, 9.17) is 11.6 Å². The Morgan fingerprint density at radius 2 is 2.07 bits per heavy atom. The Hall–Kier alpha value is -2.80. The molecule has 2 heterocycles. The lowest BCUT2D eigenvalue weighted by molar-refractivity contribution is 0.0953. The largest absolute Gasteiger partial charge is 0.357 e. The summed E-state index contributed by atoms with van der Waals surface area (Å²) in [4.78, 5) is 23.3. The fraction of sp³-hybridized carbons (Fsp3) is 0.409. The summed E-state index contributed by atoms with van der Waals surface area (Å²) in [7, 11) is 0. The van der Waals surface area contributed by atoms with E-state index in [2.05, 4.69) is 30.8 Å². The molecular weight excluding hydrogens is 400 g/mol. The van der Waals surface area contributed by atoms with Crippen molar-refractivity contribution in [1.29, 1.82) is 0 Å². The molecule has 1 unspecified atom stereocenters. The lowest BCUT2D eigenvalue weighted by Crippen LogP contribution is -2.44. The molecule has 2 aromatic rings. The Kier molecular flexibility index (Phi) is 8.32. The average molecular weight is 429 g/mol. The van der Waals surface area contributed by atoms with E-state index >= 15 is 0 Å². The monoisotopic (exact) mass is 428 g/mol. The molecule has 160 valence electrons. The van der Waals surface area contributed by atoms with Crippen LogP contribution in [0, 0.1) is 0 Å². The molecule has 0 spiro atoms. The Morgan fingerprint density at radius 1 is 1.23 bits per heavy atom. The van der Waals surface area contributed by atoms with E-state index in [-0.39, 0.29) is 11.9 Å². The first-order valence-corrected chi connectivity index (χ1v) is 10.8. The molecule has 1 aromatic heterocycles. The molecular formula is C22H29ClN6O. The third-order valence-corrected chi connectivity index (χ3v) is 5.13. The molecule has 7 nitrogen and oxygen atoms in total. The van der Waals surface area contributed by atoms with Crippen molar-refractivity contribution in [3.05, 3.63) is 59.2 Å². The molecule has 1 amide bonds. The predicted molar refractivity (Wildman–Crippen MR) is 122 cm³/mol. The van der Waals surface area contributed by atoms with E-state index in [1.807, 2.05) is 49.4 Å². The predicted octanol–water partition coefficient (Wildman–Crippen LogP) is 2.69. The lowest BCUT2D eigenvalue weighted by Gasteiger charge is -2.20. The van der Waals surface area contributed by atoms with Crippen molar-refractivity contribution in [1.82, 2.24) is 20.9 Å². The molecule has 1 aliphatic heterocycles. The maximum Gasteiger partial charge on any atom is 0.251 e. The van der Waals surface area contributed by atoms with Gasteiger partial charge in [-0.05, 0) is 44.0 Å². The van der Waals surface area contributed by atoms with E-state index < -0.39 is 0 Å². The highest BCUT2D eigenvalue weighted by molar-refractivity contribution is 6.32. The van der Waals surface area contributed by atoms with Gasteiger partial charge < -0.3 is 20.9 Å². The second-order valence-corrected chi connectivity index (χ2v) is 7.53. The van der Waals surface area contributed by atoms with E-state index in [0.717, 1.165) is 44.3 Å². The molecule has 1 saturated heterocycles. The number of nitrogens with one attached hydrogen (secondary N) is 3. The maximum absolute atomic E-state index is 12.1. The van der Waals surface area contributed by atoms with Crippen LogP contribution in [0.3, 0.4) is 0 Å². The van der Waals surface area contributed by atoms with Gasteiger partial charge in [0.2, 0.25) is 0 Å². The molecule has 0 saturated carbocycles. The van der Waals surface area contributed by atoms with Crippen molar-refractivity contribution < 1.29 is 4.79 Å². The Bertz CT molecular complexity index is 845. The number of pyridine rings is 1. The summed E-state index contributed by atoms with van der Waals surface area (Å²) in [5.74, 6) is 1.58. The van der Waals surface area contributed by atoms with Crippen LogP contribution < -0.4 is 20.9 Å². The van der Waals surface area contributed by atoms with Crippen molar-refractivity contribution in [2.75, 3.05) is 37.6 Å². The van der Waals surface area contributed by atoms with Gasteiger partial charge in [0.15, 0.2) is 5.96 Å². The highest BCUT2D eigenvalue weighted by Gasteiger charge is 2.25. The van der Waals surface area contributed by atoms with Gasteiger partial charge in [0.05, 0.1) is 5.02 Å². The molecule has 0 radical (unpaired) electrons. The second-order valence-electron chi connectivity index (χ2n) is 7.12. The van der Waals surface area contributed by atoms with Gasteiger partial charge in [0.25, 0.3) is 5.91 Å². The van der Waals surface area contributed by atoms with Gasteiger partial charge in [-0.3, -0.25) is 9.79 Å². The third kappa shape index (κ3) is 6.35. The van der Waals surface area contributed by atoms with Crippen LogP contribution in [-0.2, 0) is 0 Å². The van der Waals surface area contributed by atoms with Crippen molar-refractivity contribution in [2.24, 2.45) is 4.99 Å². The number of halogens is 1. The minimum atomic E-state index is -0.0520. The highest BCUT2D eigenvalue weighted by Crippen LogP contribution is 2.25. The number of aromatic nitrogens is 1. The van der Waals surface area contributed by atoms with Crippen LogP contribution in [0.1, 0.15) is 30.1 Å². The summed E-state index contributed by atoms with van der Waals surface area (Å²) in [6.07, 6.45) is 3.53. The highest BCUT2D eigenvalue weighted by atomic mass is 35.5. The number of rotatable bonds is 8. The van der Waals surface area contributed by atoms with Crippen LogP contribution in [-0.4, -0.2) is 55.6 Å². The number of nitrogens with zero attached hydrogens (tertiary/aromatic N) is 3. The molecule has 8 heteroatoms. The van der Waals surface area contributed by atoms with Crippen LogP contribution in [0.2, 0.25) is 5.02 Å². The molecule has 1 fully saturated rings. The van der Waals surface area contributed by atoms with Gasteiger partial charge in [0.1, 0.15) is 5.82 Å². The van der Waals surface area contributed by atoms with Crippen LogP contribution >= 0.6 is 11.6 Å². The number of benzene rings is 1. The smallest absolute Gasteiger partial charge is 0.251 e. The number of hydrogen-bond acceptors (Lipinski definition) is 4. The van der Waals surface area contributed by atoms with Crippen molar-refractivity contribution in [3.8, 4) is 0 Å². The van der Waals surface area contributed by atoms with Gasteiger partial charge in [-0.15, -0.1) is 0 Å². The third-order valence-electron chi connectivity index (χ3n) is 4.84. The molecule has 0 aliphatic carbocycles. The molecule has 1 atom stereocenters. The summed E-state index contributed by atoms with van der Waals surface area (Å²) in [6.45, 7) is 5.79. The second kappa shape index (κ2) is 11.4. The number of aliphatic imine (C=N–C) groups is 1. The first-order chi connectivity index (χ1) is 14.7. The standard InChI is InChI=1S/C22H29ClN6O/c1-2-24-22(27-14-7-13-26-21(30)17-8-4-3-5-9-17)28-18-11-15-29(16-18)20-19(23)10-6-12-25-20/h3-6,8-10,12,18H,2,7,11,13-16H2,1H3,(H,26,30)(H2,24,27,28). The van der Waals surface area contributed by atoms with E-state index in [9.17, 15) is 4.79 Å². The first kappa shape index (κ1) is 21.9. The SMILES string of the molecule is CCNC(=NCCCNC(=O)c1ccccc1)NC1CCN(c2ncccc2Cl)C1. The van der Waals surface area contributed by atoms with Crippen molar-refractivity contribution in [2.45, 2.75) is 25.8 Å². The van der Waals surface area contributed by atoms with Crippen LogP contribution in [0.4, 0.5) is 5.82 Å². The first-order valence-electron chi connectivity index (χ1n) is 10.4. The normalized spacial score (nSPS) is 16.4. The minimum absolute atomic E-state index is 0.0520. The summed E-state index contributed by atoms with van der Waals surface area (Å²) >= 11 is 6.28.